The van der Waals surface area contributed by atoms with E-state index >= 15 is 0 Å². The number of aromatic hydroxyl groups is 1. The molecule has 4 aromatic rings. The van der Waals surface area contributed by atoms with Crippen molar-refractivity contribution in [2.75, 3.05) is 25.1 Å². The number of amides is 1. The van der Waals surface area contributed by atoms with Crippen molar-refractivity contribution in [1.82, 2.24) is 0 Å². The first kappa shape index (κ1) is 62.8. The number of azo groups is 2. The summed E-state index contributed by atoms with van der Waals surface area (Å²) in [7, 11) is -10.1. The van der Waals surface area contributed by atoms with Crippen LogP contribution in [0.25, 0.3) is 0 Å². The second-order valence-electron chi connectivity index (χ2n) is 14.5. The number of aliphatic hydroxyl groups is 1. The number of non-ortho nitro benzene ring substituents is 2. The molecule has 0 aliphatic rings. The fraction of sp³-hybridized carbons (Fsp3) is 0.302. The maximum absolute atomic E-state index is 12.3. The normalized spacial score (nSPS) is 12.8. The largest absolute Gasteiger partial charge is 3.00 e. The van der Waals surface area contributed by atoms with Gasteiger partial charge in [-0.3, -0.25) is 39.1 Å². The molecule has 0 spiro atoms. The van der Waals surface area contributed by atoms with Crippen LogP contribution < -0.4 is 26.4 Å². The summed E-state index contributed by atoms with van der Waals surface area (Å²) in [6.07, 6.45) is 6.17. The zero-order valence-corrected chi connectivity index (χ0v) is 41.8. The van der Waals surface area contributed by atoms with Crippen LogP contribution in [0.2, 0.25) is 0 Å². The Morgan fingerprint density at radius 2 is 1.32 bits per heavy atom. The smallest absolute Gasteiger partial charge is 0.874 e. The zero-order valence-electron chi connectivity index (χ0n) is 38.8. The first-order chi connectivity index (χ1) is 33.3. The minimum atomic E-state index is -5.10. The molecule has 29 heteroatoms. The van der Waals surface area contributed by atoms with Crippen molar-refractivity contribution in [3.05, 3.63) is 128 Å². The predicted octanol–water partition coefficient (Wildman–Crippen LogP) is 6.31. The third kappa shape index (κ3) is 21.0. The molecular weight excluding hydrogens is 1030 g/mol. The van der Waals surface area contributed by atoms with E-state index in [1.54, 1.807) is 48.5 Å². The number of unbranched alkanes of at least 4 members (excludes halogenated alkanes) is 1. The molecule has 0 aliphatic heterocycles. The van der Waals surface area contributed by atoms with Gasteiger partial charge in [-0.05, 0) is 56.5 Å². The molecule has 0 aromatic heterocycles. The van der Waals surface area contributed by atoms with Gasteiger partial charge in [-0.1, -0.05) is 82.2 Å². The summed E-state index contributed by atoms with van der Waals surface area (Å²) in [5.41, 5.74) is 1.26. The molecule has 387 valence electrons. The SMILES string of the molecule is C/C(O)=C(/N=Nc1cc([N+](=O)[O-])cc(S(=O)(=O)O)c1O)C(=O)Nc1ccccc1.C/C([O-])=C(/N=Nc1cc([N+](=O)[O-])cc(S(=O)(=O)O)c1[O-])C([O-])=Nc1ccccc1.CCCCC(CC)COCCCN.[Cr+3]. The van der Waals surface area contributed by atoms with Crippen LogP contribution in [0.3, 0.4) is 0 Å². The fourth-order valence-corrected chi connectivity index (χ4v) is 6.60. The molecule has 4 rings (SSSR count). The zero-order chi connectivity index (χ0) is 53.5. The Balaban J connectivity index is 0.000000576. The number of nitrogens with one attached hydrogen (secondary N) is 1. The van der Waals surface area contributed by atoms with Gasteiger partial charge in [0.25, 0.3) is 37.5 Å². The minimum absolute atomic E-state index is 0. The number of hydrogen-bond acceptors (Lipinski definition) is 21. The second-order valence-corrected chi connectivity index (χ2v) is 17.3. The number of nitro benzene ring substituents is 2. The monoisotopic (exact) mass is 1080 g/mol. The molecule has 4 aromatic carbocycles. The summed E-state index contributed by atoms with van der Waals surface area (Å²) in [4.78, 5) is 33.3. The van der Waals surface area contributed by atoms with Crippen molar-refractivity contribution in [3.63, 3.8) is 0 Å². The number of nitrogens with two attached hydrogens (primary N) is 1. The molecule has 72 heavy (non-hydrogen) atoms. The van der Waals surface area contributed by atoms with E-state index in [2.05, 4.69) is 44.6 Å². The number of nitrogens with zero attached hydrogens (tertiary/aromatic N) is 7. The van der Waals surface area contributed by atoms with Crippen LogP contribution in [0.15, 0.2) is 143 Å². The van der Waals surface area contributed by atoms with Crippen LogP contribution >= 0.6 is 0 Å². The van der Waals surface area contributed by atoms with Gasteiger partial charge in [0.05, 0.1) is 31.8 Å². The standard InChI is InChI=1S/2C16H14N4O8S.C11H25NO.Cr/c2*1-9(21)14(16(23)17-10-5-3-2-4-6-10)19-18-12-7-11(20(24)25)8-13(15(12)22)29(26,27)28;1-3-5-7-11(4-2)10-13-9-6-8-12;/h2*2-8,21-22H,1H3,(H,17,23)(H,26,27,28);11H,3-10,12H2,1-2H3;/q;;;+3/p-3/b2*14-9-,19-18?;;. The minimum Gasteiger partial charge on any atom is -0.874 e. The Morgan fingerprint density at radius 3 is 1.81 bits per heavy atom. The maximum atomic E-state index is 12.3. The average Bonchev–Trinajstić information content (AvgIpc) is 3.29. The van der Waals surface area contributed by atoms with Crippen molar-refractivity contribution in [2.45, 2.75) is 69.6 Å². The number of carbonyl (C=O) groups excluding carboxylic acids is 1. The molecule has 0 saturated carbocycles. The van der Waals surface area contributed by atoms with Gasteiger partial charge in [0.2, 0.25) is 0 Å². The Kier molecular flexibility index (Phi) is 26.6. The summed E-state index contributed by atoms with van der Waals surface area (Å²) in [5.74, 6) is -5.19. The number of phenols is 1. The third-order valence-electron chi connectivity index (χ3n) is 9.05. The number of hydrogen-bond donors (Lipinski definition) is 6. The van der Waals surface area contributed by atoms with Crippen LogP contribution in [0, 0.1) is 26.1 Å². The van der Waals surface area contributed by atoms with Gasteiger partial charge in [0, 0.05) is 49.1 Å². The molecule has 1 amide bonds. The number of anilines is 1. The van der Waals surface area contributed by atoms with Gasteiger partial charge < -0.3 is 41.3 Å². The van der Waals surface area contributed by atoms with Crippen LogP contribution in [-0.2, 0) is 47.1 Å². The number of nitro groups is 2. The molecular formula is C43H50CrN9O17S2. The Bertz CT molecular complexity index is 2860. The molecule has 0 fully saturated rings. The number of phenolic OH excluding ortho intramolecular Hbond substituents is 1. The van der Waals surface area contributed by atoms with Crippen molar-refractivity contribution >= 4 is 66.2 Å². The number of ether oxygens (including phenoxy) is 1. The van der Waals surface area contributed by atoms with Gasteiger partial charge in [-0.15, -0.1) is 16.0 Å². The van der Waals surface area contributed by atoms with Crippen LogP contribution in [-0.4, -0.2) is 77.6 Å². The summed E-state index contributed by atoms with van der Waals surface area (Å²) < 4.78 is 68.9. The number of aliphatic imine (C=N–C) groups is 1. The predicted molar refractivity (Wildman–Crippen MR) is 250 cm³/mol. The van der Waals surface area contributed by atoms with Crippen molar-refractivity contribution in [2.24, 2.45) is 37.1 Å². The fourth-order valence-electron chi connectivity index (χ4n) is 5.37. The van der Waals surface area contributed by atoms with Gasteiger partial charge >= 0.3 is 17.4 Å². The van der Waals surface area contributed by atoms with E-state index in [9.17, 15) is 67.4 Å². The summed E-state index contributed by atoms with van der Waals surface area (Å²) >= 11 is 0. The van der Waals surface area contributed by atoms with E-state index in [4.69, 9.17) is 19.6 Å². The molecule has 0 bridgehead atoms. The molecule has 0 aliphatic carbocycles. The van der Waals surface area contributed by atoms with Crippen molar-refractivity contribution in [1.29, 1.82) is 0 Å². The first-order valence-electron chi connectivity index (χ1n) is 20.9. The maximum Gasteiger partial charge on any atom is 3.00 e. The number of aliphatic hydroxyl groups excluding tert-OH is 1. The van der Waals surface area contributed by atoms with Crippen LogP contribution in [0.1, 0.15) is 59.8 Å². The van der Waals surface area contributed by atoms with Crippen LogP contribution in [0.5, 0.6) is 11.5 Å². The van der Waals surface area contributed by atoms with E-state index in [0.29, 0.717) is 30.0 Å². The molecule has 1 radical (unpaired) electrons. The molecule has 0 heterocycles. The van der Waals surface area contributed by atoms with E-state index in [1.165, 1.54) is 37.8 Å². The van der Waals surface area contributed by atoms with E-state index < -0.39 is 109 Å². The Labute approximate surface area is 424 Å². The van der Waals surface area contributed by atoms with Gasteiger partial charge in [-0.25, -0.2) is 0 Å². The Hall–Kier alpha value is -7.23. The Morgan fingerprint density at radius 1 is 0.806 bits per heavy atom. The third-order valence-corrected chi connectivity index (χ3v) is 10.8. The van der Waals surface area contributed by atoms with Crippen molar-refractivity contribution < 1.29 is 88.2 Å². The van der Waals surface area contributed by atoms with Gasteiger partial charge in [0.1, 0.15) is 16.3 Å². The van der Waals surface area contributed by atoms with Gasteiger partial charge in [0.15, 0.2) is 11.4 Å². The number of benzene rings is 4. The summed E-state index contributed by atoms with van der Waals surface area (Å²) in [5, 5.41) is 93.4. The molecule has 0 saturated heterocycles. The van der Waals surface area contributed by atoms with Crippen LogP contribution in [0.4, 0.5) is 34.1 Å². The second kappa shape index (κ2) is 30.5. The number of para-hydroxylation sites is 2. The van der Waals surface area contributed by atoms with E-state index in [0.717, 1.165) is 45.9 Å². The van der Waals surface area contributed by atoms with Crippen molar-refractivity contribution in [3.8, 4) is 11.5 Å². The topological polar surface area (TPSA) is 431 Å². The quantitative estimate of drug-likeness (QED) is 0.00613. The summed E-state index contributed by atoms with van der Waals surface area (Å²) in [6.45, 7) is 9.08. The first-order valence-corrected chi connectivity index (χ1v) is 23.8. The summed E-state index contributed by atoms with van der Waals surface area (Å²) in [6, 6.07) is 17.9. The number of carbonyl (C=O) groups is 1. The molecule has 26 nitrogen and oxygen atoms in total. The van der Waals surface area contributed by atoms with E-state index in [1.807, 2.05) is 0 Å². The molecule has 1 unspecified atom stereocenters. The molecule has 1 atom stereocenters. The number of rotatable bonds is 21. The van der Waals surface area contributed by atoms with Gasteiger partial charge in [-0.2, -0.15) is 27.1 Å². The number of allylic oxidation sites excluding steroid dienone is 2. The molecule has 7 N–H and O–H groups in total. The van der Waals surface area contributed by atoms with E-state index in [-0.39, 0.29) is 23.0 Å². The average molecular weight is 1080 g/mol.